The van der Waals surface area contributed by atoms with Gasteiger partial charge in [-0.1, -0.05) is 41.4 Å². The molecule has 0 atom stereocenters. The number of azo groups is 1. The second-order valence-corrected chi connectivity index (χ2v) is 6.09. The zero-order valence-corrected chi connectivity index (χ0v) is 14.8. The van der Waals surface area contributed by atoms with Gasteiger partial charge in [0, 0.05) is 12.1 Å². The molecule has 0 aliphatic carbocycles. The van der Waals surface area contributed by atoms with Gasteiger partial charge in [0.05, 0.1) is 26.3 Å². The van der Waals surface area contributed by atoms with E-state index in [2.05, 4.69) is 15.3 Å². The van der Waals surface area contributed by atoms with Gasteiger partial charge in [0.15, 0.2) is 5.69 Å². The van der Waals surface area contributed by atoms with Crippen molar-refractivity contribution in [3.05, 3.63) is 78.7 Å². The summed E-state index contributed by atoms with van der Waals surface area (Å²) in [6.45, 7) is 1.67. The summed E-state index contributed by atoms with van der Waals surface area (Å²) in [5.41, 5.74) is 0.615. The normalized spacial score (nSPS) is 11.2. The van der Waals surface area contributed by atoms with Gasteiger partial charge in [0.2, 0.25) is 0 Å². The molecule has 3 aromatic rings. The summed E-state index contributed by atoms with van der Waals surface area (Å²) in [6, 6.07) is 11.2. The number of nitro groups is 1. The fourth-order valence-corrected chi connectivity index (χ4v) is 2.82. The van der Waals surface area contributed by atoms with Crippen molar-refractivity contribution in [2.75, 3.05) is 0 Å². The standard InChI is InChI=1S/C16H11Cl2N5O3/c1-9-14(16(24)22(21-9)10-5-3-2-4-6-10)19-20-15-12(17)7-11(23(25)26)8-13(15)18/h2-8,21H,1H3. The summed E-state index contributed by atoms with van der Waals surface area (Å²) >= 11 is 12.0. The maximum absolute atomic E-state index is 12.5. The Hall–Kier alpha value is -2.97. The van der Waals surface area contributed by atoms with Crippen molar-refractivity contribution < 1.29 is 4.92 Å². The maximum Gasteiger partial charge on any atom is 0.299 e. The molecular formula is C16H11Cl2N5O3. The van der Waals surface area contributed by atoms with E-state index in [1.165, 1.54) is 4.68 Å². The van der Waals surface area contributed by atoms with Gasteiger partial charge < -0.3 is 0 Å². The van der Waals surface area contributed by atoms with E-state index < -0.39 is 10.5 Å². The number of nitrogens with zero attached hydrogens (tertiary/aromatic N) is 4. The Balaban J connectivity index is 2.02. The zero-order valence-electron chi connectivity index (χ0n) is 13.3. The van der Waals surface area contributed by atoms with Crippen LogP contribution in [-0.4, -0.2) is 14.7 Å². The largest absolute Gasteiger partial charge is 0.299 e. The van der Waals surface area contributed by atoms with E-state index >= 15 is 0 Å². The van der Waals surface area contributed by atoms with Crippen molar-refractivity contribution in [3.8, 4) is 5.69 Å². The smallest absolute Gasteiger partial charge is 0.293 e. The van der Waals surface area contributed by atoms with Gasteiger partial charge in [-0.05, 0) is 19.1 Å². The summed E-state index contributed by atoms with van der Waals surface area (Å²) in [7, 11) is 0. The van der Waals surface area contributed by atoms with Crippen LogP contribution in [0.15, 0.2) is 57.5 Å². The molecule has 0 bridgehead atoms. The van der Waals surface area contributed by atoms with Crippen LogP contribution in [0.5, 0.6) is 0 Å². The topological polar surface area (TPSA) is 106 Å². The minimum absolute atomic E-state index is 0.0375. The average Bonchev–Trinajstić information content (AvgIpc) is 2.89. The van der Waals surface area contributed by atoms with Gasteiger partial charge in [-0.2, -0.15) is 0 Å². The fraction of sp³-hybridized carbons (Fsp3) is 0.0625. The summed E-state index contributed by atoms with van der Waals surface area (Å²) in [6.07, 6.45) is 0. The number of nitro benzene ring substituents is 1. The second kappa shape index (κ2) is 7.11. The third-order valence-corrected chi connectivity index (χ3v) is 4.09. The molecule has 0 unspecified atom stereocenters. The number of aromatic nitrogens is 2. The number of hydrogen-bond donors (Lipinski definition) is 1. The van der Waals surface area contributed by atoms with Crippen LogP contribution in [0.3, 0.4) is 0 Å². The number of aromatic amines is 1. The molecule has 1 aromatic heterocycles. The number of non-ortho nitro benzene ring substituents is 1. The third kappa shape index (κ3) is 3.37. The highest BCUT2D eigenvalue weighted by molar-refractivity contribution is 6.39. The van der Waals surface area contributed by atoms with Gasteiger partial charge in [-0.25, -0.2) is 4.68 Å². The Kier molecular flexibility index (Phi) is 4.88. The molecule has 0 aliphatic heterocycles. The molecule has 8 nitrogen and oxygen atoms in total. The van der Waals surface area contributed by atoms with Crippen LogP contribution in [0.4, 0.5) is 17.1 Å². The Morgan fingerprint density at radius 1 is 1.08 bits per heavy atom. The summed E-state index contributed by atoms with van der Waals surface area (Å²) in [4.78, 5) is 22.7. The minimum Gasteiger partial charge on any atom is -0.293 e. The molecule has 1 N–H and O–H groups in total. The number of benzene rings is 2. The molecule has 0 saturated carbocycles. The van der Waals surface area contributed by atoms with Crippen molar-refractivity contribution in [3.63, 3.8) is 0 Å². The van der Waals surface area contributed by atoms with E-state index in [-0.39, 0.29) is 27.1 Å². The Morgan fingerprint density at radius 2 is 1.65 bits per heavy atom. The summed E-state index contributed by atoms with van der Waals surface area (Å²) in [5.74, 6) is 0. The van der Waals surface area contributed by atoms with Gasteiger partial charge in [-0.15, -0.1) is 10.2 Å². The second-order valence-electron chi connectivity index (χ2n) is 5.28. The van der Waals surface area contributed by atoms with Crippen molar-refractivity contribution >= 4 is 40.3 Å². The molecule has 26 heavy (non-hydrogen) atoms. The van der Waals surface area contributed by atoms with Crippen molar-refractivity contribution in [1.29, 1.82) is 0 Å². The van der Waals surface area contributed by atoms with Crippen LogP contribution in [-0.2, 0) is 0 Å². The molecule has 132 valence electrons. The van der Waals surface area contributed by atoms with Gasteiger partial charge in [0.25, 0.3) is 11.2 Å². The number of rotatable bonds is 4. The van der Waals surface area contributed by atoms with Crippen molar-refractivity contribution in [1.82, 2.24) is 9.78 Å². The van der Waals surface area contributed by atoms with Crippen LogP contribution in [0.25, 0.3) is 5.69 Å². The van der Waals surface area contributed by atoms with Crippen LogP contribution in [0.2, 0.25) is 10.0 Å². The van der Waals surface area contributed by atoms with E-state index in [0.717, 1.165) is 12.1 Å². The Morgan fingerprint density at radius 3 is 2.23 bits per heavy atom. The predicted molar refractivity (Wildman–Crippen MR) is 98.4 cm³/mol. The molecule has 0 saturated heterocycles. The molecule has 0 fully saturated rings. The highest BCUT2D eigenvalue weighted by Crippen LogP contribution is 2.37. The molecule has 0 radical (unpaired) electrons. The van der Waals surface area contributed by atoms with Crippen LogP contribution >= 0.6 is 23.2 Å². The zero-order chi connectivity index (χ0) is 18.8. The molecule has 0 spiro atoms. The van der Waals surface area contributed by atoms with E-state index in [9.17, 15) is 14.9 Å². The van der Waals surface area contributed by atoms with Crippen LogP contribution in [0.1, 0.15) is 5.69 Å². The van der Waals surface area contributed by atoms with Gasteiger partial charge in [-0.3, -0.25) is 20.0 Å². The first kappa shape index (κ1) is 17.8. The number of nitrogens with one attached hydrogen (secondary N) is 1. The molecule has 10 heteroatoms. The lowest BCUT2D eigenvalue weighted by atomic mass is 10.3. The van der Waals surface area contributed by atoms with E-state index in [0.29, 0.717) is 11.4 Å². The van der Waals surface area contributed by atoms with Gasteiger partial charge in [0.1, 0.15) is 5.69 Å². The molecule has 0 aliphatic rings. The summed E-state index contributed by atoms with van der Waals surface area (Å²) < 4.78 is 1.34. The first-order valence-corrected chi connectivity index (χ1v) is 8.06. The molecule has 1 heterocycles. The van der Waals surface area contributed by atoms with Crippen LogP contribution in [0, 0.1) is 17.0 Å². The molecular weight excluding hydrogens is 381 g/mol. The van der Waals surface area contributed by atoms with Crippen molar-refractivity contribution in [2.45, 2.75) is 6.92 Å². The SMILES string of the molecule is Cc1[nH]n(-c2ccccc2)c(=O)c1N=Nc1c(Cl)cc([N+](=O)[O-])cc1Cl. The maximum atomic E-state index is 12.5. The predicted octanol–water partition coefficient (Wildman–Crippen LogP) is 5.10. The quantitative estimate of drug-likeness (QED) is 0.379. The van der Waals surface area contributed by atoms with Crippen LogP contribution < -0.4 is 5.56 Å². The van der Waals surface area contributed by atoms with Crippen molar-refractivity contribution in [2.24, 2.45) is 10.2 Å². The minimum atomic E-state index is -0.618. The highest BCUT2D eigenvalue weighted by Gasteiger charge is 2.16. The van der Waals surface area contributed by atoms with E-state index in [1.54, 1.807) is 31.2 Å². The number of H-pyrrole nitrogens is 1. The highest BCUT2D eigenvalue weighted by atomic mass is 35.5. The number of aryl methyl sites for hydroxylation is 1. The lowest BCUT2D eigenvalue weighted by Crippen LogP contribution is -2.13. The first-order valence-electron chi connectivity index (χ1n) is 7.30. The molecule has 3 rings (SSSR count). The van der Waals surface area contributed by atoms with E-state index in [1.807, 2.05) is 6.07 Å². The number of halogens is 2. The average molecular weight is 392 g/mol. The first-order chi connectivity index (χ1) is 12.4. The lowest BCUT2D eigenvalue weighted by Gasteiger charge is -2.00. The lowest BCUT2D eigenvalue weighted by molar-refractivity contribution is -0.384. The monoisotopic (exact) mass is 391 g/mol. The third-order valence-electron chi connectivity index (χ3n) is 3.52. The molecule has 0 amide bonds. The Labute approximate surface area is 156 Å². The van der Waals surface area contributed by atoms with E-state index in [4.69, 9.17) is 23.2 Å². The van der Waals surface area contributed by atoms with Gasteiger partial charge >= 0.3 is 0 Å². The Bertz CT molecular complexity index is 1050. The molecule has 2 aromatic carbocycles. The number of hydrogen-bond acceptors (Lipinski definition) is 5. The fourth-order valence-electron chi connectivity index (χ4n) is 2.27. The number of para-hydroxylation sites is 1. The summed E-state index contributed by atoms with van der Waals surface area (Å²) in [5, 5.41) is 21.5.